The van der Waals surface area contributed by atoms with Crippen molar-refractivity contribution in [2.45, 2.75) is 32.2 Å². The molecule has 1 saturated heterocycles. The van der Waals surface area contributed by atoms with Crippen LogP contribution in [0.1, 0.15) is 40.7 Å². The average molecular weight is 619 g/mol. The number of nitrogens with one attached hydrogen (secondary N) is 1. The number of carbonyl (C=O) groups is 2. The average Bonchev–Trinajstić information content (AvgIpc) is 2.94. The maximum Gasteiger partial charge on any atom is 0.339 e. The van der Waals surface area contributed by atoms with Crippen molar-refractivity contribution in [2.75, 3.05) is 37.2 Å². The van der Waals surface area contributed by atoms with E-state index in [2.05, 4.69) is 32.3 Å². The second-order valence-corrected chi connectivity index (χ2v) is 9.99. The number of methoxy groups -OCH3 is 2. The van der Waals surface area contributed by atoms with Crippen molar-refractivity contribution in [2.24, 2.45) is 0 Å². The van der Waals surface area contributed by atoms with Gasteiger partial charge in [0.05, 0.1) is 38.6 Å². The van der Waals surface area contributed by atoms with Gasteiger partial charge in [-0.25, -0.2) is 4.79 Å². The topological polar surface area (TPSA) is 91.3 Å². The summed E-state index contributed by atoms with van der Waals surface area (Å²) in [6, 6.07) is 18.9. The van der Waals surface area contributed by atoms with Crippen molar-refractivity contribution in [1.82, 2.24) is 5.43 Å². The van der Waals surface area contributed by atoms with Gasteiger partial charge in [0, 0.05) is 17.6 Å². The van der Waals surface area contributed by atoms with E-state index >= 15 is 0 Å². The highest BCUT2D eigenvalue weighted by Gasteiger charge is 2.21. The first-order chi connectivity index (χ1) is 18.4. The Labute approximate surface area is 243 Å². The molecule has 208 valence electrons. The molecular formula is C29H33BrClN3O5. The number of ether oxygens (including phenoxy) is 2. The zero-order chi connectivity index (χ0) is 27.1. The molecule has 1 aliphatic heterocycles. The molecule has 0 atom stereocenters. The smallest absolute Gasteiger partial charge is 0.339 e. The fraction of sp³-hybridized carbons (Fsp3) is 0.310. The molecule has 0 spiro atoms. The monoisotopic (exact) mass is 617 g/mol. The summed E-state index contributed by atoms with van der Waals surface area (Å²) in [5, 5.41) is 11.3. The van der Waals surface area contributed by atoms with Crippen LogP contribution in [0.5, 0.6) is 11.5 Å². The molecule has 0 saturated carbocycles. The van der Waals surface area contributed by atoms with Crippen molar-refractivity contribution in [3.05, 3.63) is 81.8 Å². The number of hydrogen-bond donors (Lipinski definition) is 2. The predicted octanol–water partition coefficient (Wildman–Crippen LogP) is 5.86. The van der Waals surface area contributed by atoms with Crippen molar-refractivity contribution < 1.29 is 24.2 Å². The first-order valence-electron chi connectivity index (χ1n) is 12.5. The van der Waals surface area contributed by atoms with Crippen molar-refractivity contribution >= 4 is 51.6 Å². The number of carboxylic acid groups (broad SMARTS) is 1. The van der Waals surface area contributed by atoms with Crippen LogP contribution in [0.3, 0.4) is 0 Å². The first kappa shape index (κ1) is 30.1. The highest BCUT2D eigenvalue weighted by Crippen LogP contribution is 2.32. The van der Waals surface area contributed by atoms with Crippen molar-refractivity contribution in [1.29, 1.82) is 0 Å². The first-order valence-corrected chi connectivity index (χ1v) is 13.3. The Hall–Kier alpha value is -3.43. The van der Waals surface area contributed by atoms with E-state index in [1.807, 2.05) is 47.5 Å². The van der Waals surface area contributed by atoms with Crippen LogP contribution in [0.15, 0.2) is 65.1 Å². The van der Waals surface area contributed by atoms with Crippen LogP contribution in [0.4, 0.5) is 11.4 Å². The summed E-state index contributed by atoms with van der Waals surface area (Å²) < 4.78 is 11.1. The lowest BCUT2D eigenvalue weighted by atomic mass is 10.1. The zero-order valence-corrected chi connectivity index (χ0v) is 24.4. The number of hydrazine groups is 1. The summed E-state index contributed by atoms with van der Waals surface area (Å²) in [4.78, 5) is 27.3. The van der Waals surface area contributed by atoms with Gasteiger partial charge in [0.1, 0.15) is 17.1 Å². The normalized spacial score (nSPS) is 12.7. The lowest BCUT2D eigenvalue weighted by Crippen LogP contribution is -2.44. The Morgan fingerprint density at radius 2 is 1.69 bits per heavy atom. The quantitative estimate of drug-likeness (QED) is 0.275. The lowest BCUT2D eigenvalue weighted by molar-refractivity contribution is -0.120. The van der Waals surface area contributed by atoms with Gasteiger partial charge in [-0.15, -0.1) is 12.4 Å². The number of anilines is 2. The fourth-order valence-electron chi connectivity index (χ4n) is 4.62. The molecule has 1 heterocycles. The van der Waals surface area contributed by atoms with E-state index in [1.165, 1.54) is 19.6 Å². The van der Waals surface area contributed by atoms with Crippen LogP contribution in [-0.2, 0) is 17.8 Å². The third kappa shape index (κ3) is 7.58. The molecule has 0 aromatic heterocycles. The van der Waals surface area contributed by atoms with Crippen LogP contribution < -0.4 is 24.8 Å². The molecule has 39 heavy (non-hydrogen) atoms. The molecule has 3 aromatic rings. The number of piperidine rings is 1. The van der Waals surface area contributed by atoms with Gasteiger partial charge in [-0.3, -0.25) is 15.2 Å². The number of carboxylic acids is 1. The minimum absolute atomic E-state index is 0. The number of aromatic carboxylic acids is 1. The summed E-state index contributed by atoms with van der Waals surface area (Å²) in [5.41, 5.74) is 6.75. The summed E-state index contributed by atoms with van der Waals surface area (Å²) in [7, 11) is 3.04. The molecule has 1 amide bonds. The van der Waals surface area contributed by atoms with Crippen molar-refractivity contribution in [3.63, 3.8) is 0 Å². The highest BCUT2D eigenvalue weighted by molar-refractivity contribution is 9.10. The number of benzene rings is 3. The molecule has 0 radical (unpaired) electrons. The fourth-order valence-corrected chi connectivity index (χ4v) is 5.11. The third-order valence-corrected chi connectivity index (χ3v) is 7.32. The van der Waals surface area contributed by atoms with Gasteiger partial charge in [-0.05, 0) is 66.8 Å². The number of para-hydroxylation sites is 2. The Morgan fingerprint density at radius 1 is 1.00 bits per heavy atom. The molecule has 10 heteroatoms. The number of amides is 1. The molecular weight excluding hydrogens is 586 g/mol. The highest BCUT2D eigenvalue weighted by atomic mass is 79.9. The molecule has 3 aromatic carbocycles. The van der Waals surface area contributed by atoms with Crippen LogP contribution in [-0.4, -0.2) is 44.3 Å². The van der Waals surface area contributed by atoms with E-state index in [0.717, 1.165) is 48.6 Å². The number of hydrogen-bond acceptors (Lipinski definition) is 6. The Balaban J connectivity index is 0.00000420. The van der Waals surface area contributed by atoms with Gasteiger partial charge >= 0.3 is 5.97 Å². The van der Waals surface area contributed by atoms with Gasteiger partial charge < -0.3 is 19.5 Å². The zero-order valence-electron chi connectivity index (χ0n) is 22.0. The summed E-state index contributed by atoms with van der Waals surface area (Å²) >= 11 is 3.42. The van der Waals surface area contributed by atoms with E-state index in [1.54, 1.807) is 13.2 Å². The number of carbonyl (C=O) groups excluding carboxylic acids is 1. The van der Waals surface area contributed by atoms with E-state index in [4.69, 9.17) is 9.47 Å². The minimum Gasteiger partial charge on any atom is -0.497 e. The van der Waals surface area contributed by atoms with Gasteiger partial charge in [-0.2, -0.15) is 0 Å². The SMILES string of the molecule is COc1ccc(CN(NC(=O)Cc2cc(OC)c(C(=O)O)cc2Br)c2ccccc2N2CCCCC2)cc1.Cl. The molecule has 1 aliphatic rings. The second kappa shape index (κ2) is 14.1. The summed E-state index contributed by atoms with van der Waals surface area (Å²) in [5.74, 6) is -0.369. The Morgan fingerprint density at radius 3 is 2.33 bits per heavy atom. The van der Waals surface area contributed by atoms with E-state index in [9.17, 15) is 14.7 Å². The van der Waals surface area contributed by atoms with Gasteiger partial charge in [0.2, 0.25) is 5.91 Å². The predicted molar refractivity (Wildman–Crippen MR) is 158 cm³/mol. The molecule has 8 nitrogen and oxygen atoms in total. The van der Waals surface area contributed by atoms with Crippen LogP contribution >= 0.6 is 28.3 Å². The van der Waals surface area contributed by atoms with Crippen LogP contribution in [0, 0.1) is 0 Å². The van der Waals surface area contributed by atoms with Crippen LogP contribution in [0.25, 0.3) is 0 Å². The van der Waals surface area contributed by atoms with Crippen LogP contribution in [0.2, 0.25) is 0 Å². The van der Waals surface area contributed by atoms with Gasteiger partial charge in [0.15, 0.2) is 0 Å². The lowest BCUT2D eigenvalue weighted by Gasteiger charge is -2.34. The Bertz CT molecular complexity index is 1280. The Kier molecular flexibility index (Phi) is 10.9. The molecule has 1 fully saturated rings. The van der Waals surface area contributed by atoms with E-state index in [0.29, 0.717) is 16.6 Å². The van der Waals surface area contributed by atoms with E-state index < -0.39 is 5.97 Å². The number of nitrogens with zero attached hydrogens (tertiary/aromatic N) is 2. The van der Waals surface area contributed by atoms with Gasteiger partial charge in [-0.1, -0.05) is 40.2 Å². The maximum absolute atomic E-state index is 13.4. The standard InChI is InChI=1S/C29H32BrN3O5.ClH/c1-37-22-12-10-20(11-13-22)19-33(26-9-5-4-8-25(26)32-14-6-3-7-15-32)31-28(34)17-21-16-27(38-2)23(29(35)36)18-24(21)30;/h4-5,8-13,16,18H,3,6-7,14-15,17,19H2,1-2H3,(H,31,34)(H,35,36);1H. The number of halogens is 2. The largest absolute Gasteiger partial charge is 0.497 e. The minimum atomic E-state index is -1.10. The molecule has 2 N–H and O–H groups in total. The molecule has 4 rings (SSSR count). The van der Waals surface area contributed by atoms with E-state index in [-0.39, 0.29) is 36.0 Å². The van der Waals surface area contributed by atoms with Crippen molar-refractivity contribution in [3.8, 4) is 11.5 Å². The molecule has 0 aliphatic carbocycles. The summed E-state index contributed by atoms with van der Waals surface area (Å²) in [6.07, 6.45) is 3.54. The second-order valence-electron chi connectivity index (χ2n) is 9.13. The third-order valence-electron chi connectivity index (χ3n) is 6.58. The number of rotatable bonds is 10. The van der Waals surface area contributed by atoms with Gasteiger partial charge in [0.25, 0.3) is 0 Å². The summed E-state index contributed by atoms with van der Waals surface area (Å²) in [6.45, 7) is 2.40. The maximum atomic E-state index is 13.4. The molecule has 0 bridgehead atoms. The molecule has 0 unspecified atom stereocenters.